The number of nitrogens with two attached hydrogens (primary N) is 2. The first-order valence-corrected chi connectivity index (χ1v) is 8.38. The van der Waals surface area contributed by atoms with Crippen LogP contribution in [0.25, 0.3) is 21.5 Å². The first kappa shape index (κ1) is 16.6. The van der Waals surface area contributed by atoms with Crippen molar-refractivity contribution in [2.75, 3.05) is 11.5 Å². The molecule has 4 heteroatoms. The van der Waals surface area contributed by atoms with Gasteiger partial charge in [0, 0.05) is 26.6 Å². The second-order valence-electron chi connectivity index (χ2n) is 5.54. The molecular formula is C20H18N2S2. The molecule has 0 heterocycles. The van der Waals surface area contributed by atoms with E-state index in [1.54, 1.807) is 0 Å². The summed E-state index contributed by atoms with van der Waals surface area (Å²) in [6.45, 7) is 0. The van der Waals surface area contributed by atoms with Crippen LogP contribution < -0.4 is 11.5 Å². The Labute approximate surface area is 152 Å². The van der Waals surface area contributed by atoms with Gasteiger partial charge in [0.2, 0.25) is 0 Å². The van der Waals surface area contributed by atoms with Crippen molar-refractivity contribution in [2.24, 2.45) is 0 Å². The third-order valence-corrected chi connectivity index (χ3v) is 4.30. The normalized spacial score (nSPS) is 10.4. The van der Waals surface area contributed by atoms with Crippen molar-refractivity contribution in [3.63, 3.8) is 0 Å². The van der Waals surface area contributed by atoms with E-state index in [1.807, 2.05) is 72.8 Å². The van der Waals surface area contributed by atoms with E-state index in [9.17, 15) is 0 Å². The van der Waals surface area contributed by atoms with Gasteiger partial charge in [0.1, 0.15) is 0 Å². The summed E-state index contributed by atoms with van der Waals surface area (Å²) in [5.41, 5.74) is 13.0. The number of anilines is 2. The van der Waals surface area contributed by atoms with Gasteiger partial charge < -0.3 is 11.5 Å². The molecule has 0 aromatic heterocycles. The molecular weight excluding hydrogens is 332 g/mol. The Kier molecular flexibility index (Phi) is 4.88. The number of hydrogen-bond donors (Lipinski definition) is 4. The van der Waals surface area contributed by atoms with Crippen molar-refractivity contribution in [2.45, 2.75) is 9.79 Å². The quantitative estimate of drug-likeness (QED) is 0.253. The van der Waals surface area contributed by atoms with Gasteiger partial charge in [-0.25, -0.2) is 0 Å². The van der Waals surface area contributed by atoms with Gasteiger partial charge in [-0.2, -0.15) is 0 Å². The first-order valence-electron chi connectivity index (χ1n) is 7.48. The topological polar surface area (TPSA) is 52.0 Å². The van der Waals surface area contributed by atoms with E-state index < -0.39 is 0 Å². The van der Waals surface area contributed by atoms with E-state index in [1.165, 1.54) is 5.39 Å². The van der Waals surface area contributed by atoms with Gasteiger partial charge in [-0.05, 0) is 58.6 Å². The van der Waals surface area contributed by atoms with Gasteiger partial charge >= 0.3 is 0 Å². The highest BCUT2D eigenvalue weighted by molar-refractivity contribution is 7.80. The van der Waals surface area contributed by atoms with Crippen LogP contribution in [0, 0.1) is 0 Å². The molecule has 0 aliphatic heterocycles. The van der Waals surface area contributed by atoms with Crippen LogP contribution in [0.1, 0.15) is 0 Å². The second-order valence-corrected chi connectivity index (χ2v) is 6.58. The predicted octanol–water partition coefficient (Wildman–Crippen LogP) is 5.42. The van der Waals surface area contributed by atoms with E-state index in [4.69, 9.17) is 11.5 Å². The number of benzene rings is 4. The predicted molar refractivity (Wildman–Crippen MR) is 111 cm³/mol. The van der Waals surface area contributed by atoms with Crippen LogP contribution in [0.2, 0.25) is 0 Å². The minimum absolute atomic E-state index is 0.793. The maximum atomic E-state index is 5.79. The van der Waals surface area contributed by atoms with E-state index in [-0.39, 0.29) is 0 Å². The van der Waals surface area contributed by atoms with E-state index in [0.717, 1.165) is 37.3 Å². The number of hydrogen-bond acceptors (Lipinski definition) is 4. The smallest absolute Gasteiger partial charge is 0.0394 e. The van der Waals surface area contributed by atoms with Crippen LogP contribution in [-0.2, 0) is 0 Å². The van der Waals surface area contributed by atoms with Crippen molar-refractivity contribution in [1.29, 1.82) is 0 Å². The van der Waals surface area contributed by atoms with Crippen molar-refractivity contribution in [1.82, 2.24) is 0 Å². The molecule has 0 fully saturated rings. The Morgan fingerprint density at radius 3 is 2.04 bits per heavy atom. The minimum atomic E-state index is 0.793. The number of thiol groups is 2. The maximum Gasteiger partial charge on any atom is 0.0394 e. The third kappa shape index (κ3) is 3.78. The van der Waals surface area contributed by atoms with Crippen LogP contribution in [0.5, 0.6) is 0 Å². The molecule has 4 aromatic rings. The number of nitrogen functional groups attached to an aromatic ring is 2. The molecule has 4 aromatic carbocycles. The highest BCUT2D eigenvalue weighted by Crippen LogP contribution is 2.23. The zero-order chi connectivity index (χ0) is 17.1. The average molecular weight is 351 g/mol. The lowest BCUT2D eigenvalue weighted by molar-refractivity contribution is 1.52. The number of rotatable bonds is 0. The first-order chi connectivity index (χ1) is 11.5. The fourth-order valence-corrected chi connectivity index (χ4v) is 2.95. The second kappa shape index (κ2) is 7.07. The molecule has 4 N–H and O–H groups in total. The van der Waals surface area contributed by atoms with Crippen molar-refractivity contribution in [3.05, 3.63) is 72.8 Å². The lowest BCUT2D eigenvalue weighted by atomic mass is 10.1. The van der Waals surface area contributed by atoms with Crippen LogP contribution >= 0.6 is 25.3 Å². The molecule has 0 spiro atoms. The molecule has 120 valence electrons. The van der Waals surface area contributed by atoms with Crippen LogP contribution in [0.4, 0.5) is 11.4 Å². The summed E-state index contributed by atoms with van der Waals surface area (Å²) < 4.78 is 0. The fraction of sp³-hybridized carbons (Fsp3) is 0. The van der Waals surface area contributed by atoms with Gasteiger partial charge in [-0.1, -0.05) is 30.3 Å². The van der Waals surface area contributed by atoms with Crippen LogP contribution in [0.3, 0.4) is 0 Å². The molecule has 0 atom stereocenters. The molecule has 0 aliphatic carbocycles. The summed E-state index contributed by atoms with van der Waals surface area (Å²) in [5.74, 6) is 0. The number of fused-ring (bicyclic) bond motifs is 2. The Balaban J connectivity index is 0.000000141. The Morgan fingerprint density at radius 1 is 0.583 bits per heavy atom. The zero-order valence-electron chi connectivity index (χ0n) is 13.0. The molecule has 0 saturated heterocycles. The third-order valence-electron chi connectivity index (χ3n) is 3.75. The molecule has 0 aliphatic rings. The molecule has 0 unspecified atom stereocenters. The highest BCUT2D eigenvalue weighted by atomic mass is 32.1. The van der Waals surface area contributed by atoms with Gasteiger partial charge in [-0.3, -0.25) is 0 Å². The van der Waals surface area contributed by atoms with Crippen LogP contribution in [-0.4, -0.2) is 0 Å². The zero-order valence-corrected chi connectivity index (χ0v) is 14.8. The van der Waals surface area contributed by atoms with E-state index in [2.05, 4.69) is 25.3 Å². The monoisotopic (exact) mass is 350 g/mol. The summed E-state index contributed by atoms with van der Waals surface area (Å²) in [5, 5.41) is 4.57. The molecule has 2 nitrogen and oxygen atoms in total. The summed E-state index contributed by atoms with van der Waals surface area (Å²) >= 11 is 8.51. The van der Waals surface area contributed by atoms with Crippen molar-refractivity contribution >= 4 is 58.2 Å². The van der Waals surface area contributed by atoms with Gasteiger partial charge in [0.25, 0.3) is 0 Å². The largest absolute Gasteiger partial charge is 0.399 e. The molecule has 0 amide bonds. The minimum Gasteiger partial charge on any atom is -0.399 e. The summed E-state index contributed by atoms with van der Waals surface area (Å²) in [4.78, 5) is 1.91. The van der Waals surface area contributed by atoms with E-state index in [0.29, 0.717) is 0 Å². The summed E-state index contributed by atoms with van der Waals surface area (Å²) in [6, 6.07) is 23.7. The molecule has 0 radical (unpaired) electrons. The van der Waals surface area contributed by atoms with Crippen molar-refractivity contribution in [3.8, 4) is 0 Å². The highest BCUT2D eigenvalue weighted by Gasteiger charge is 1.96. The Bertz CT molecular complexity index is 976. The molecule has 0 bridgehead atoms. The Morgan fingerprint density at radius 2 is 1.25 bits per heavy atom. The summed E-state index contributed by atoms with van der Waals surface area (Å²) in [6.07, 6.45) is 0. The molecule has 0 saturated carbocycles. The molecule has 24 heavy (non-hydrogen) atoms. The Hall–Kier alpha value is -2.30. The van der Waals surface area contributed by atoms with Gasteiger partial charge in [0.15, 0.2) is 0 Å². The maximum absolute atomic E-state index is 5.79. The van der Waals surface area contributed by atoms with E-state index >= 15 is 0 Å². The van der Waals surface area contributed by atoms with Gasteiger partial charge in [-0.15, -0.1) is 25.3 Å². The molecule has 4 rings (SSSR count). The van der Waals surface area contributed by atoms with Crippen LogP contribution in [0.15, 0.2) is 82.6 Å². The van der Waals surface area contributed by atoms with Gasteiger partial charge in [0.05, 0.1) is 0 Å². The standard InChI is InChI=1S/2C10H9NS/c11-9-3-1-7-2-4-10(12)6-8(7)5-9;11-10-3-1-2-7-4-5-8(12)6-9(7)10/h2*1-6,12H,11H2. The lowest BCUT2D eigenvalue weighted by Crippen LogP contribution is -1.85. The lowest BCUT2D eigenvalue weighted by Gasteiger charge is -2.01. The van der Waals surface area contributed by atoms with Crippen molar-refractivity contribution < 1.29 is 0 Å². The SMILES string of the molecule is Nc1ccc2ccc(S)cc2c1.Nc1cccc2ccc(S)cc12. The fourth-order valence-electron chi connectivity index (χ4n) is 2.54. The summed E-state index contributed by atoms with van der Waals surface area (Å²) in [7, 11) is 0. The average Bonchev–Trinajstić information content (AvgIpc) is 2.56.